The summed E-state index contributed by atoms with van der Waals surface area (Å²) in [6, 6.07) is 8.43. The highest BCUT2D eigenvalue weighted by molar-refractivity contribution is 5.38. The van der Waals surface area contributed by atoms with E-state index < -0.39 is 0 Å². The summed E-state index contributed by atoms with van der Waals surface area (Å²) in [5.74, 6) is 1.03. The molecule has 1 aliphatic rings. The Kier molecular flexibility index (Phi) is 5.44. The lowest BCUT2D eigenvalue weighted by Crippen LogP contribution is -2.38. The summed E-state index contributed by atoms with van der Waals surface area (Å²) >= 11 is 0. The Balaban J connectivity index is 1.92. The quantitative estimate of drug-likeness (QED) is 0.797. The van der Waals surface area contributed by atoms with Gasteiger partial charge in [0, 0.05) is 19.6 Å². The molecular formula is C17H27NO2. The number of nitrogens with zero attached hydrogens (tertiary/aromatic N) is 1. The van der Waals surface area contributed by atoms with Crippen LogP contribution < -0.4 is 4.74 Å². The van der Waals surface area contributed by atoms with E-state index in [2.05, 4.69) is 49.9 Å². The molecule has 0 unspecified atom stereocenters. The summed E-state index contributed by atoms with van der Waals surface area (Å²) in [7, 11) is 0. The molecule has 3 nitrogen and oxygen atoms in total. The number of para-hydroxylation sites is 1. The van der Waals surface area contributed by atoms with Crippen molar-refractivity contribution >= 4 is 0 Å². The van der Waals surface area contributed by atoms with Crippen LogP contribution in [0.4, 0.5) is 0 Å². The highest BCUT2D eigenvalue weighted by Gasteiger charge is 2.22. The molecule has 112 valence electrons. The number of hydrogen-bond acceptors (Lipinski definition) is 3. The summed E-state index contributed by atoms with van der Waals surface area (Å²) in [6.45, 7) is 12.2. The predicted molar refractivity (Wildman–Crippen MR) is 82.5 cm³/mol. The van der Waals surface area contributed by atoms with Gasteiger partial charge in [-0.2, -0.15) is 0 Å². The Morgan fingerprint density at radius 2 is 1.90 bits per heavy atom. The number of rotatable bonds is 6. The topological polar surface area (TPSA) is 21.7 Å². The van der Waals surface area contributed by atoms with Crippen molar-refractivity contribution in [2.45, 2.75) is 32.6 Å². The van der Waals surface area contributed by atoms with Crippen molar-refractivity contribution in [3.05, 3.63) is 29.8 Å². The third kappa shape index (κ3) is 3.97. The van der Waals surface area contributed by atoms with Crippen LogP contribution in [0, 0.1) is 0 Å². The third-order valence-electron chi connectivity index (χ3n) is 4.27. The van der Waals surface area contributed by atoms with E-state index in [1.54, 1.807) is 0 Å². The molecule has 1 aromatic carbocycles. The van der Waals surface area contributed by atoms with Crippen LogP contribution in [0.2, 0.25) is 0 Å². The van der Waals surface area contributed by atoms with Gasteiger partial charge >= 0.3 is 0 Å². The van der Waals surface area contributed by atoms with Gasteiger partial charge < -0.3 is 9.47 Å². The molecule has 1 aliphatic heterocycles. The Morgan fingerprint density at radius 3 is 2.60 bits per heavy atom. The standard InChI is InChI=1S/C17H27NO2/c1-4-17(2,3)15-7-5-6-8-16(15)20-14-11-18-9-12-19-13-10-18/h5-8H,4,9-14H2,1-3H3. The molecule has 0 radical (unpaired) electrons. The first-order chi connectivity index (χ1) is 9.63. The minimum atomic E-state index is 0.162. The highest BCUT2D eigenvalue weighted by Crippen LogP contribution is 2.33. The molecule has 1 fully saturated rings. The van der Waals surface area contributed by atoms with Crippen molar-refractivity contribution in [1.82, 2.24) is 4.90 Å². The molecule has 0 N–H and O–H groups in total. The van der Waals surface area contributed by atoms with Crippen molar-refractivity contribution in [2.24, 2.45) is 0 Å². The van der Waals surface area contributed by atoms with E-state index in [-0.39, 0.29) is 5.41 Å². The summed E-state index contributed by atoms with van der Waals surface area (Å²) in [6.07, 6.45) is 1.11. The lowest BCUT2D eigenvalue weighted by Gasteiger charge is -2.28. The fourth-order valence-electron chi connectivity index (χ4n) is 2.45. The van der Waals surface area contributed by atoms with Gasteiger partial charge in [0.2, 0.25) is 0 Å². The van der Waals surface area contributed by atoms with E-state index in [4.69, 9.17) is 9.47 Å². The van der Waals surface area contributed by atoms with Crippen molar-refractivity contribution in [2.75, 3.05) is 39.5 Å². The molecule has 3 heteroatoms. The van der Waals surface area contributed by atoms with Crippen LogP contribution in [0.15, 0.2) is 24.3 Å². The van der Waals surface area contributed by atoms with Crippen LogP contribution in [-0.2, 0) is 10.2 Å². The first-order valence-corrected chi connectivity index (χ1v) is 7.66. The average molecular weight is 277 g/mol. The average Bonchev–Trinajstić information content (AvgIpc) is 2.49. The maximum absolute atomic E-state index is 6.05. The van der Waals surface area contributed by atoms with Gasteiger partial charge in [0.15, 0.2) is 0 Å². The minimum Gasteiger partial charge on any atom is -0.492 e. The first-order valence-electron chi connectivity index (χ1n) is 7.66. The fraction of sp³-hybridized carbons (Fsp3) is 0.647. The van der Waals surface area contributed by atoms with Crippen LogP contribution in [0.1, 0.15) is 32.8 Å². The van der Waals surface area contributed by atoms with Gasteiger partial charge in [-0.3, -0.25) is 4.90 Å². The summed E-state index contributed by atoms with van der Waals surface area (Å²) in [4.78, 5) is 2.40. The lowest BCUT2D eigenvalue weighted by atomic mass is 9.82. The maximum atomic E-state index is 6.05. The van der Waals surface area contributed by atoms with Gasteiger partial charge in [-0.15, -0.1) is 0 Å². The predicted octanol–water partition coefficient (Wildman–Crippen LogP) is 3.09. The second kappa shape index (κ2) is 7.09. The fourth-order valence-corrected chi connectivity index (χ4v) is 2.45. The van der Waals surface area contributed by atoms with Crippen molar-refractivity contribution in [3.63, 3.8) is 0 Å². The molecule has 0 aromatic heterocycles. The molecule has 2 rings (SSSR count). The van der Waals surface area contributed by atoms with Gasteiger partial charge in [-0.25, -0.2) is 0 Å². The minimum absolute atomic E-state index is 0.162. The van der Waals surface area contributed by atoms with E-state index >= 15 is 0 Å². The normalized spacial score (nSPS) is 17.1. The Bertz CT molecular complexity index is 411. The van der Waals surface area contributed by atoms with Gasteiger partial charge in [-0.05, 0) is 23.5 Å². The molecule has 1 heterocycles. The molecule has 0 spiro atoms. The zero-order chi connectivity index (χ0) is 14.4. The zero-order valence-corrected chi connectivity index (χ0v) is 13.0. The molecule has 20 heavy (non-hydrogen) atoms. The summed E-state index contributed by atoms with van der Waals surface area (Å²) < 4.78 is 11.4. The van der Waals surface area contributed by atoms with Gasteiger partial charge in [-0.1, -0.05) is 39.0 Å². The number of benzene rings is 1. The number of morpholine rings is 1. The van der Waals surface area contributed by atoms with Gasteiger partial charge in [0.25, 0.3) is 0 Å². The molecule has 0 amide bonds. The monoisotopic (exact) mass is 277 g/mol. The zero-order valence-electron chi connectivity index (χ0n) is 13.0. The molecule has 0 saturated carbocycles. The van der Waals surface area contributed by atoms with Crippen LogP contribution in [0.5, 0.6) is 5.75 Å². The smallest absolute Gasteiger partial charge is 0.123 e. The molecular weight excluding hydrogens is 250 g/mol. The number of hydrogen-bond donors (Lipinski definition) is 0. The molecule has 0 aliphatic carbocycles. The third-order valence-corrected chi connectivity index (χ3v) is 4.27. The molecule has 0 bridgehead atoms. The van der Waals surface area contributed by atoms with E-state index in [1.165, 1.54) is 5.56 Å². The van der Waals surface area contributed by atoms with Crippen molar-refractivity contribution < 1.29 is 9.47 Å². The summed E-state index contributed by atoms with van der Waals surface area (Å²) in [5.41, 5.74) is 1.47. The SMILES string of the molecule is CCC(C)(C)c1ccccc1OCCN1CCOCC1. The Hall–Kier alpha value is -1.06. The Morgan fingerprint density at radius 1 is 1.20 bits per heavy atom. The lowest BCUT2D eigenvalue weighted by molar-refractivity contribution is 0.0321. The van der Waals surface area contributed by atoms with Crippen LogP contribution in [0.3, 0.4) is 0 Å². The van der Waals surface area contributed by atoms with Crippen LogP contribution >= 0.6 is 0 Å². The highest BCUT2D eigenvalue weighted by atomic mass is 16.5. The van der Waals surface area contributed by atoms with E-state index in [1.807, 2.05) is 0 Å². The van der Waals surface area contributed by atoms with Crippen LogP contribution in [-0.4, -0.2) is 44.4 Å². The van der Waals surface area contributed by atoms with E-state index in [9.17, 15) is 0 Å². The molecule has 1 saturated heterocycles. The maximum Gasteiger partial charge on any atom is 0.123 e. The van der Waals surface area contributed by atoms with Crippen molar-refractivity contribution in [3.8, 4) is 5.75 Å². The van der Waals surface area contributed by atoms with Gasteiger partial charge in [0.1, 0.15) is 12.4 Å². The first kappa shape index (κ1) is 15.3. The van der Waals surface area contributed by atoms with E-state index in [0.717, 1.165) is 51.6 Å². The molecule has 1 aromatic rings. The second-order valence-corrected chi connectivity index (χ2v) is 6.04. The largest absolute Gasteiger partial charge is 0.492 e. The summed E-state index contributed by atoms with van der Waals surface area (Å²) in [5, 5.41) is 0. The van der Waals surface area contributed by atoms with Crippen molar-refractivity contribution in [1.29, 1.82) is 0 Å². The Labute approximate surface area is 122 Å². The number of ether oxygens (including phenoxy) is 2. The second-order valence-electron chi connectivity index (χ2n) is 6.04. The van der Waals surface area contributed by atoms with Gasteiger partial charge in [0.05, 0.1) is 13.2 Å². The van der Waals surface area contributed by atoms with Crippen LogP contribution in [0.25, 0.3) is 0 Å². The molecule has 0 atom stereocenters. The van der Waals surface area contributed by atoms with E-state index in [0.29, 0.717) is 0 Å².